The van der Waals surface area contributed by atoms with E-state index in [1.807, 2.05) is 0 Å². The molecule has 0 saturated heterocycles. The zero-order valence-corrected chi connectivity index (χ0v) is 13.5. The van der Waals surface area contributed by atoms with Gasteiger partial charge in [-0.15, -0.1) is 0 Å². The fraction of sp³-hybridized carbons (Fsp3) is 0.400. The van der Waals surface area contributed by atoms with Gasteiger partial charge in [0.1, 0.15) is 0 Å². The molecule has 2 N–H and O–H groups in total. The standard InChI is InChI=1S/C20H26N2/c1-2-22-12-6-9-18-11-10-17(15-21)13-19(18)20(22)14-16-7-4-3-5-8-16/h3-5,7-8,10-11,13,20H,2,6,9,12,14-15,21H2,1H3. The molecule has 1 heterocycles. The van der Waals surface area contributed by atoms with Crippen LogP contribution in [0.3, 0.4) is 0 Å². The number of hydrogen-bond donors (Lipinski definition) is 1. The van der Waals surface area contributed by atoms with Crippen molar-refractivity contribution in [3.05, 3.63) is 70.8 Å². The average molecular weight is 294 g/mol. The molecule has 1 aliphatic rings. The third-order valence-electron chi connectivity index (χ3n) is 4.82. The first-order chi connectivity index (χ1) is 10.8. The summed E-state index contributed by atoms with van der Waals surface area (Å²) in [5, 5.41) is 0. The van der Waals surface area contributed by atoms with E-state index in [4.69, 9.17) is 5.73 Å². The van der Waals surface area contributed by atoms with Gasteiger partial charge in [0.25, 0.3) is 0 Å². The van der Waals surface area contributed by atoms with E-state index >= 15 is 0 Å². The second kappa shape index (κ2) is 7.08. The van der Waals surface area contributed by atoms with Crippen LogP contribution in [0.1, 0.15) is 41.6 Å². The van der Waals surface area contributed by atoms with Crippen molar-refractivity contribution in [2.24, 2.45) is 5.73 Å². The highest BCUT2D eigenvalue weighted by Gasteiger charge is 2.25. The fourth-order valence-corrected chi connectivity index (χ4v) is 3.59. The maximum Gasteiger partial charge on any atom is 0.0391 e. The summed E-state index contributed by atoms with van der Waals surface area (Å²) in [6, 6.07) is 18.2. The molecule has 0 fully saturated rings. The Labute approximate surface area is 134 Å². The van der Waals surface area contributed by atoms with Gasteiger partial charge >= 0.3 is 0 Å². The Balaban J connectivity index is 1.99. The number of likely N-dealkylation sites (N-methyl/N-ethyl adjacent to an activating group) is 1. The predicted octanol–water partition coefficient (Wildman–Crippen LogP) is 3.70. The zero-order chi connectivity index (χ0) is 15.4. The molecule has 0 saturated carbocycles. The van der Waals surface area contributed by atoms with Crippen molar-refractivity contribution >= 4 is 0 Å². The van der Waals surface area contributed by atoms with E-state index in [1.54, 1.807) is 0 Å². The van der Waals surface area contributed by atoms with E-state index in [-0.39, 0.29) is 0 Å². The summed E-state index contributed by atoms with van der Waals surface area (Å²) in [6.07, 6.45) is 3.51. The van der Waals surface area contributed by atoms with Crippen LogP contribution in [-0.2, 0) is 19.4 Å². The van der Waals surface area contributed by atoms with Gasteiger partial charge in [0, 0.05) is 12.6 Å². The number of nitrogens with two attached hydrogens (primary N) is 1. The zero-order valence-electron chi connectivity index (χ0n) is 13.5. The van der Waals surface area contributed by atoms with Gasteiger partial charge in [0.2, 0.25) is 0 Å². The van der Waals surface area contributed by atoms with Crippen LogP contribution in [0.25, 0.3) is 0 Å². The Morgan fingerprint density at radius 2 is 1.91 bits per heavy atom. The van der Waals surface area contributed by atoms with E-state index in [0.717, 1.165) is 13.0 Å². The topological polar surface area (TPSA) is 29.3 Å². The molecule has 0 spiro atoms. The van der Waals surface area contributed by atoms with Crippen molar-refractivity contribution in [1.29, 1.82) is 0 Å². The summed E-state index contributed by atoms with van der Waals surface area (Å²) < 4.78 is 0. The molecule has 3 rings (SSSR count). The minimum absolute atomic E-state index is 0.469. The van der Waals surface area contributed by atoms with Crippen molar-refractivity contribution in [2.45, 2.75) is 38.8 Å². The van der Waals surface area contributed by atoms with Crippen molar-refractivity contribution in [3.63, 3.8) is 0 Å². The molecule has 1 unspecified atom stereocenters. The number of nitrogens with zero attached hydrogens (tertiary/aromatic N) is 1. The summed E-state index contributed by atoms with van der Waals surface area (Å²) in [6.45, 7) is 5.18. The molecule has 2 nitrogen and oxygen atoms in total. The molecule has 0 bridgehead atoms. The fourth-order valence-electron chi connectivity index (χ4n) is 3.59. The molecule has 0 aromatic heterocycles. The van der Waals surface area contributed by atoms with Crippen LogP contribution >= 0.6 is 0 Å². The Kier molecular flexibility index (Phi) is 4.91. The van der Waals surface area contributed by atoms with Crippen LogP contribution in [0.4, 0.5) is 0 Å². The molecule has 116 valence electrons. The van der Waals surface area contributed by atoms with Gasteiger partial charge in [-0.3, -0.25) is 4.90 Å². The molecule has 1 aliphatic heterocycles. The maximum atomic E-state index is 5.87. The van der Waals surface area contributed by atoms with Crippen molar-refractivity contribution < 1.29 is 0 Å². The minimum Gasteiger partial charge on any atom is -0.326 e. The van der Waals surface area contributed by atoms with Gasteiger partial charge < -0.3 is 5.73 Å². The van der Waals surface area contributed by atoms with Gasteiger partial charge in [-0.25, -0.2) is 0 Å². The number of hydrogen-bond acceptors (Lipinski definition) is 2. The Morgan fingerprint density at radius 3 is 2.64 bits per heavy atom. The normalized spacial score (nSPS) is 18.7. The van der Waals surface area contributed by atoms with Gasteiger partial charge in [-0.05, 0) is 54.6 Å². The SMILES string of the molecule is CCN1CCCc2ccc(CN)cc2C1Cc1ccccc1. The Bertz CT molecular complexity index is 606. The van der Waals surface area contributed by atoms with Gasteiger partial charge in [0.05, 0.1) is 0 Å². The van der Waals surface area contributed by atoms with Crippen LogP contribution in [0.15, 0.2) is 48.5 Å². The molecular weight excluding hydrogens is 268 g/mol. The van der Waals surface area contributed by atoms with Crippen molar-refractivity contribution in [3.8, 4) is 0 Å². The minimum atomic E-state index is 0.469. The third-order valence-corrected chi connectivity index (χ3v) is 4.82. The van der Waals surface area contributed by atoms with Crippen LogP contribution in [-0.4, -0.2) is 18.0 Å². The lowest BCUT2D eigenvalue weighted by Gasteiger charge is -2.30. The largest absolute Gasteiger partial charge is 0.326 e. The number of fused-ring (bicyclic) bond motifs is 1. The lowest BCUT2D eigenvalue weighted by Crippen LogP contribution is -2.30. The van der Waals surface area contributed by atoms with E-state index in [1.165, 1.54) is 41.6 Å². The number of rotatable bonds is 4. The van der Waals surface area contributed by atoms with Crippen molar-refractivity contribution in [2.75, 3.05) is 13.1 Å². The van der Waals surface area contributed by atoms with Gasteiger partial charge in [0.15, 0.2) is 0 Å². The highest BCUT2D eigenvalue weighted by Crippen LogP contribution is 2.32. The molecule has 0 amide bonds. The Hall–Kier alpha value is -1.64. The molecule has 2 aromatic carbocycles. The number of benzene rings is 2. The summed E-state index contributed by atoms with van der Waals surface area (Å²) in [5.41, 5.74) is 11.5. The summed E-state index contributed by atoms with van der Waals surface area (Å²) >= 11 is 0. The number of aryl methyl sites for hydroxylation is 1. The molecule has 0 aliphatic carbocycles. The maximum absolute atomic E-state index is 5.87. The molecule has 22 heavy (non-hydrogen) atoms. The van der Waals surface area contributed by atoms with Crippen LogP contribution in [0.2, 0.25) is 0 Å². The van der Waals surface area contributed by atoms with Gasteiger partial charge in [-0.1, -0.05) is 55.5 Å². The lowest BCUT2D eigenvalue weighted by atomic mass is 9.92. The first-order valence-electron chi connectivity index (χ1n) is 8.41. The molecule has 0 radical (unpaired) electrons. The first kappa shape index (κ1) is 15.3. The van der Waals surface area contributed by atoms with Crippen LogP contribution in [0.5, 0.6) is 0 Å². The second-order valence-electron chi connectivity index (χ2n) is 6.17. The molecule has 2 heteroatoms. The summed E-state index contributed by atoms with van der Waals surface area (Å²) in [5.74, 6) is 0. The molecule has 2 aromatic rings. The van der Waals surface area contributed by atoms with E-state index in [9.17, 15) is 0 Å². The highest BCUT2D eigenvalue weighted by molar-refractivity contribution is 5.36. The predicted molar refractivity (Wildman–Crippen MR) is 92.8 cm³/mol. The van der Waals surface area contributed by atoms with E-state index < -0.39 is 0 Å². The quantitative estimate of drug-likeness (QED) is 0.931. The molecule has 1 atom stereocenters. The van der Waals surface area contributed by atoms with E-state index in [2.05, 4.69) is 60.4 Å². The summed E-state index contributed by atoms with van der Waals surface area (Å²) in [4.78, 5) is 2.62. The van der Waals surface area contributed by atoms with Gasteiger partial charge in [-0.2, -0.15) is 0 Å². The smallest absolute Gasteiger partial charge is 0.0391 e. The van der Waals surface area contributed by atoms with Crippen molar-refractivity contribution in [1.82, 2.24) is 4.90 Å². The Morgan fingerprint density at radius 1 is 1.09 bits per heavy atom. The average Bonchev–Trinajstić information content (AvgIpc) is 2.74. The molecular formula is C20H26N2. The summed E-state index contributed by atoms with van der Waals surface area (Å²) in [7, 11) is 0. The van der Waals surface area contributed by atoms with E-state index in [0.29, 0.717) is 12.6 Å². The highest BCUT2D eigenvalue weighted by atomic mass is 15.1. The second-order valence-corrected chi connectivity index (χ2v) is 6.17. The third kappa shape index (κ3) is 3.23. The van der Waals surface area contributed by atoms with Crippen LogP contribution in [0, 0.1) is 0 Å². The monoisotopic (exact) mass is 294 g/mol. The lowest BCUT2D eigenvalue weighted by molar-refractivity contribution is 0.211. The van der Waals surface area contributed by atoms with Crippen LogP contribution < -0.4 is 5.73 Å². The first-order valence-corrected chi connectivity index (χ1v) is 8.41.